The minimum Gasteiger partial charge on any atom is -0.444 e. The van der Waals surface area contributed by atoms with E-state index in [9.17, 15) is 9.90 Å². The normalized spacial score (nSPS) is 12.7. The maximum absolute atomic E-state index is 11.6. The summed E-state index contributed by atoms with van der Waals surface area (Å²) in [5.41, 5.74) is -1.25. The van der Waals surface area contributed by atoms with Crippen LogP contribution in [0.25, 0.3) is 0 Å². The highest BCUT2D eigenvalue weighted by Crippen LogP contribution is 2.19. The van der Waals surface area contributed by atoms with Crippen LogP contribution in [0, 0.1) is 0 Å². The van der Waals surface area contributed by atoms with Gasteiger partial charge in [-0.05, 0) is 40.5 Å². The summed E-state index contributed by atoms with van der Waals surface area (Å²) in [6.07, 6.45) is 2.90. The van der Waals surface area contributed by atoms with Crippen molar-refractivity contribution in [2.75, 3.05) is 26.2 Å². The van der Waals surface area contributed by atoms with Crippen LogP contribution in [0.1, 0.15) is 67.2 Å². The molecule has 0 saturated carbocycles. The fraction of sp³-hybridized carbons (Fsp3) is 0.889. The number of aliphatic hydroxyl groups is 1. The molecule has 0 aliphatic heterocycles. The lowest BCUT2D eigenvalue weighted by atomic mass is 9.93. The summed E-state index contributed by atoms with van der Waals surface area (Å²) >= 11 is 0. The van der Waals surface area contributed by atoms with Gasteiger partial charge in [-0.25, -0.2) is 4.79 Å². The van der Waals surface area contributed by atoms with Crippen molar-refractivity contribution in [1.82, 2.24) is 16.0 Å². The molecule has 0 spiro atoms. The van der Waals surface area contributed by atoms with Crippen LogP contribution < -0.4 is 16.0 Å². The largest absolute Gasteiger partial charge is 0.444 e. The molecule has 7 nitrogen and oxygen atoms in total. The number of hydrogen-bond acceptors (Lipinski definition) is 4. The smallest absolute Gasteiger partial charge is 0.407 e. The van der Waals surface area contributed by atoms with Crippen molar-refractivity contribution in [1.29, 1.82) is 0 Å². The molecule has 25 heavy (non-hydrogen) atoms. The van der Waals surface area contributed by atoms with Crippen LogP contribution in [-0.2, 0) is 4.74 Å². The second-order valence-corrected chi connectivity index (χ2v) is 7.27. The van der Waals surface area contributed by atoms with Crippen LogP contribution in [0.2, 0.25) is 0 Å². The summed E-state index contributed by atoms with van der Waals surface area (Å²) in [5.74, 6) is 0.638. The molecule has 0 radical (unpaired) electrons. The van der Waals surface area contributed by atoms with Crippen molar-refractivity contribution in [3.63, 3.8) is 0 Å². The van der Waals surface area contributed by atoms with Gasteiger partial charge in [0, 0.05) is 19.6 Å². The quantitative estimate of drug-likeness (QED) is 0.273. The molecule has 0 saturated heterocycles. The molecule has 0 aromatic rings. The summed E-state index contributed by atoms with van der Waals surface area (Å²) in [7, 11) is 0. The zero-order chi connectivity index (χ0) is 19.3. The number of amides is 1. The predicted molar refractivity (Wildman–Crippen MR) is 103 cm³/mol. The average molecular weight is 359 g/mol. The zero-order valence-corrected chi connectivity index (χ0v) is 16.9. The Morgan fingerprint density at radius 3 is 2.04 bits per heavy atom. The molecule has 4 N–H and O–H groups in total. The van der Waals surface area contributed by atoms with Crippen molar-refractivity contribution < 1.29 is 14.6 Å². The highest BCUT2D eigenvalue weighted by Gasteiger charge is 2.24. The lowest BCUT2D eigenvalue weighted by Crippen LogP contribution is -2.43. The van der Waals surface area contributed by atoms with Crippen LogP contribution in [0.15, 0.2) is 4.99 Å². The summed E-state index contributed by atoms with van der Waals surface area (Å²) in [4.78, 5) is 16.1. The molecule has 0 fully saturated rings. The number of rotatable bonds is 10. The van der Waals surface area contributed by atoms with E-state index < -0.39 is 17.3 Å². The minimum absolute atomic E-state index is 0.365. The Hall–Kier alpha value is -1.50. The van der Waals surface area contributed by atoms with Gasteiger partial charge in [0.05, 0.1) is 12.1 Å². The molecule has 0 unspecified atom stereocenters. The van der Waals surface area contributed by atoms with E-state index >= 15 is 0 Å². The molecule has 0 aliphatic rings. The second-order valence-electron chi connectivity index (χ2n) is 7.27. The molecule has 0 aromatic carbocycles. The van der Waals surface area contributed by atoms with Gasteiger partial charge < -0.3 is 25.8 Å². The van der Waals surface area contributed by atoms with E-state index in [1.807, 2.05) is 27.7 Å². The van der Waals surface area contributed by atoms with E-state index in [0.29, 0.717) is 25.6 Å². The van der Waals surface area contributed by atoms with Crippen molar-refractivity contribution >= 4 is 12.1 Å². The number of alkyl carbamates (subject to hydrolysis) is 1. The van der Waals surface area contributed by atoms with E-state index in [-0.39, 0.29) is 0 Å². The first-order chi connectivity index (χ1) is 11.7. The number of guanidine groups is 1. The summed E-state index contributed by atoms with van der Waals surface area (Å²) in [5, 5.41) is 19.6. The van der Waals surface area contributed by atoms with Crippen molar-refractivity contribution in [2.24, 2.45) is 4.99 Å². The second kappa shape index (κ2) is 12.0. The number of carbonyl (C=O) groups excluding carboxylic acids is 1. The van der Waals surface area contributed by atoms with Gasteiger partial charge in [0.1, 0.15) is 5.60 Å². The van der Waals surface area contributed by atoms with Gasteiger partial charge >= 0.3 is 6.09 Å². The Bertz CT molecular complexity index is 400. The molecule has 0 heterocycles. The highest BCUT2D eigenvalue weighted by atomic mass is 16.6. The van der Waals surface area contributed by atoms with Gasteiger partial charge in [-0.15, -0.1) is 0 Å². The van der Waals surface area contributed by atoms with Gasteiger partial charge in [-0.2, -0.15) is 0 Å². The Morgan fingerprint density at radius 1 is 1.00 bits per heavy atom. The van der Waals surface area contributed by atoms with E-state index in [0.717, 1.165) is 32.2 Å². The minimum atomic E-state index is -0.749. The topological polar surface area (TPSA) is 95.0 Å². The van der Waals surface area contributed by atoms with E-state index in [1.54, 1.807) is 0 Å². The summed E-state index contributed by atoms with van der Waals surface area (Å²) < 4.78 is 5.18. The Labute approximate surface area is 153 Å². The summed E-state index contributed by atoms with van der Waals surface area (Å²) in [6.45, 7) is 13.6. The number of nitrogens with zero attached hydrogens (tertiary/aromatic N) is 1. The van der Waals surface area contributed by atoms with Crippen LogP contribution in [0.5, 0.6) is 0 Å². The van der Waals surface area contributed by atoms with Crippen molar-refractivity contribution in [3.05, 3.63) is 0 Å². The first-order valence-electron chi connectivity index (χ1n) is 9.37. The lowest BCUT2D eigenvalue weighted by Gasteiger charge is -2.26. The van der Waals surface area contributed by atoms with E-state index in [1.165, 1.54) is 0 Å². The number of carbonyl (C=O) groups is 1. The maximum atomic E-state index is 11.6. The SMILES string of the molecule is CCCC(O)(CCC)CN=C(NCC)NCCNC(=O)OC(C)(C)C. The number of hydrogen-bond donors (Lipinski definition) is 4. The van der Waals surface area contributed by atoms with Crippen molar-refractivity contribution in [3.8, 4) is 0 Å². The Kier molecular flexibility index (Phi) is 11.2. The molecule has 7 heteroatoms. The monoisotopic (exact) mass is 358 g/mol. The Morgan fingerprint density at radius 2 is 1.56 bits per heavy atom. The molecule has 0 rings (SSSR count). The standard InChI is InChI=1S/C18H38N4O3/c1-7-10-18(24,11-8-2)14-22-15(19-9-3)20-12-13-21-16(23)25-17(4,5)6/h24H,7-14H2,1-6H3,(H,21,23)(H2,19,20,22). The predicted octanol–water partition coefficient (Wildman–Crippen LogP) is 2.40. The fourth-order valence-corrected chi connectivity index (χ4v) is 2.44. The van der Waals surface area contributed by atoms with Gasteiger partial charge in [-0.1, -0.05) is 26.7 Å². The number of ether oxygens (including phenoxy) is 1. The molecule has 0 aliphatic carbocycles. The molecule has 0 atom stereocenters. The molecule has 0 aromatic heterocycles. The number of aliphatic imine (C=N–C) groups is 1. The molecule has 0 bridgehead atoms. The van der Waals surface area contributed by atoms with Crippen molar-refractivity contribution in [2.45, 2.75) is 78.4 Å². The first-order valence-corrected chi connectivity index (χ1v) is 9.37. The lowest BCUT2D eigenvalue weighted by molar-refractivity contribution is 0.0306. The van der Waals surface area contributed by atoms with Gasteiger partial charge in [0.25, 0.3) is 0 Å². The molecular formula is C18H38N4O3. The van der Waals surface area contributed by atoms with Gasteiger partial charge in [-0.3, -0.25) is 4.99 Å². The zero-order valence-electron chi connectivity index (χ0n) is 16.9. The molecule has 1 amide bonds. The van der Waals surface area contributed by atoms with Crippen LogP contribution >= 0.6 is 0 Å². The Balaban J connectivity index is 4.42. The molecule has 148 valence electrons. The fourth-order valence-electron chi connectivity index (χ4n) is 2.44. The number of nitrogens with one attached hydrogen (secondary N) is 3. The third kappa shape index (κ3) is 12.5. The maximum Gasteiger partial charge on any atom is 0.407 e. The van der Waals surface area contributed by atoms with E-state index in [2.05, 4.69) is 34.8 Å². The highest BCUT2D eigenvalue weighted by molar-refractivity contribution is 5.79. The first kappa shape index (κ1) is 23.5. The van der Waals surface area contributed by atoms with Gasteiger partial charge in [0.2, 0.25) is 0 Å². The third-order valence-corrected chi connectivity index (χ3v) is 3.39. The van der Waals surface area contributed by atoms with E-state index in [4.69, 9.17) is 4.74 Å². The van der Waals surface area contributed by atoms with Gasteiger partial charge in [0.15, 0.2) is 5.96 Å². The average Bonchev–Trinajstić information content (AvgIpc) is 2.48. The van der Waals surface area contributed by atoms with Crippen LogP contribution in [-0.4, -0.2) is 54.5 Å². The van der Waals surface area contributed by atoms with Crippen LogP contribution in [0.3, 0.4) is 0 Å². The molecular weight excluding hydrogens is 320 g/mol. The van der Waals surface area contributed by atoms with Crippen LogP contribution in [0.4, 0.5) is 4.79 Å². The summed E-state index contributed by atoms with van der Waals surface area (Å²) in [6, 6.07) is 0. The third-order valence-electron chi connectivity index (χ3n) is 3.39.